The second kappa shape index (κ2) is 17.0. The third-order valence-corrected chi connectivity index (χ3v) is 13.5. The molecule has 0 N–H and O–H groups in total. The number of rotatable bonds is 10. The monoisotopic (exact) mass is 854 g/mol. The molecule has 0 amide bonds. The predicted octanol–water partition coefficient (Wildman–Crippen LogP) is 17.3. The van der Waals surface area contributed by atoms with Gasteiger partial charge in [-0.1, -0.05) is 206 Å². The lowest BCUT2D eigenvalue weighted by Crippen LogP contribution is -2.27. The molecule has 0 bridgehead atoms. The number of para-hydroxylation sites is 4. The Hall–Kier alpha value is -8.72. The van der Waals surface area contributed by atoms with E-state index in [1.165, 1.54) is 55.6 Å². The quantitative estimate of drug-likeness (QED) is 0.126. The van der Waals surface area contributed by atoms with Gasteiger partial charge < -0.3 is 9.80 Å². The van der Waals surface area contributed by atoms with E-state index < -0.39 is 5.41 Å². The molecule has 316 valence electrons. The van der Waals surface area contributed by atoms with Gasteiger partial charge in [-0.25, -0.2) is 0 Å². The first-order chi connectivity index (χ1) is 33.3. The second-order valence-corrected chi connectivity index (χ2v) is 17.2. The first-order valence-corrected chi connectivity index (χ1v) is 23.1. The summed E-state index contributed by atoms with van der Waals surface area (Å²) in [4.78, 5) is 4.61. The minimum atomic E-state index is -0.488. The molecule has 2 heteroatoms. The van der Waals surface area contributed by atoms with Crippen LogP contribution in [0.2, 0.25) is 0 Å². The normalized spacial score (nSPS) is 12.8. The van der Waals surface area contributed by atoms with Crippen molar-refractivity contribution in [2.75, 3.05) is 9.80 Å². The second-order valence-electron chi connectivity index (χ2n) is 17.2. The highest BCUT2D eigenvalue weighted by molar-refractivity contribution is 5.99. The number of nitrogens with zero attached hydrogens (tertiary/aromatic N) is 2. The summed E-state index contributed by atoms with van der Waals surface area (Å²) in [6.07, 6.45) is 9.25. The average molecular weight is 855 g/mol. The molecule has 0 aliphatic heterocycles. The molecule has 0 radical (unpaired) electrons. The summed E-state index contributed by atoms with van der Waals surface area (Å²) >= 11 is 0. The van der Waals surface area contributed by atoms with Crippen LogP contribution in [0, 0.1) is 0 Å². The highest BCUT2D eigenvalue weighted by Gasteiger charge is 2.52. The van der Waals surface area contributed by atoms with Crippen LogP contribution in [0.3, 0.4) is 0 Å². The van der Waals surface area contributed by atoms with Crippen molar-refractivity contribution in [1.29, 1.82) is 0 Å². The Balaban J connectivity index is 0.992. The van der Waals surface area contributed by atoms with Crippen molar-refractivity contribution in [2.24, 2.45) is 0 Å². The zero-order valence-corrected chi connectivity index (χ0v) is 37.0. The molecule has 0 fully saturated rings. The van der Waals surface area contributed by atoms with Crippen molar-refractivity contribution in [3.63, 3.8) is 0 Å². The fraction of sp³-hybridized carbons (Fsp3) is 0.0154. The van der Waals surface area contributed by atoms with Gasteiger partial charge in [-0.05, 0) is 140 Å². The van der Waals surface area contributed by atoms with Gasteiger partial charge in [-0.3, -0.25) is 0 Å². The molecule has 0 saturated heterocycles. The number of fused-ring (bicyclic) bond motifs is 10. The van der Waals surface area contributed by atoms with Gasteiger partial charge in [0.1, 0.15) is 0 Å². The van der Waals surface area contributed by atoms with E-state index in [0.717, 1.165) is 45.3 Å². The van der Waals surface area contributed by atoms with Gasteiger partial charge in [0, 0.05) is 34.1 Å². The molecular weight excluding hydrogens is 809 g/mol. The molecule has 67 heavy (non-hydrogen) atoms. The minimum absolute atomic E-state index is 0.488. The molecule has 2 aliphatic rings. The van der Waals surface area contributed by atoms with Gasteiger partial charge in [-0.15, -0.1) is 0 Å². The Labute approximate surface area is 393 Å². The third-order valence-electron chi connectivity index (χ3n) is 13.5. The fourth-order valence-electron chi connectivity index (χ4n) is 10.6. The van der Waals surface area contributed by atoms with Gasteiger partial charge in [0.15, 0.2) is 0 Å². The maximum atomic E-state index is 2.37. The van der Waals surface area contributed by atoms with Gasteiger partial charge in [0.2, 0.25) is 0 Å². The van der Waals surface area contributed by atoms with Crippen LogP contribution >= 0.6 is 0 Å². The summed E-state index contributed by atoms with van der Waals surface area (Å²) in [5.74, 6) is 0. The number of hydrogen-bond donors (Lipinski definition) is 0. The van der Waals surface area contributed by atoms with Crippen LogP contribution in [0.1, 0.15) is 44.5 Å². The summed E-state index contributed by atoms with van der Waals surface area (Å²) in [6.45, 7) is 0. The Kier molecular flexibility index (Phi) is 10.1. The van der Waals surface area contributed by atoms with E-state index in [-0.39, 0.29) is 0 Å². The topological polar surface area (TPSA) is 6.48 Å². The number of anilines is 6. The smallest absolute Gasteiger partial charge is 0.0731 e. The summed E-state index contributed by atoms with van der Waals surface area (Å²) < 4.78 is 0. The van der Waals surface area contributed by atoms with Crippen LogP contribution < -0.4 is 9.80 Å². The summed E-state index contributed by atoms with van der Waals surface area (Å²) in [5.41, 5.74) is 21.4. The van der Waals surface area contributed by atoms with E-state index >= 15 is 0 Å². The fourth-order valence-corrected chi connectivity index (χ4v) is 10.6. The first kappa shape index (κ1) is 39.8. The maximum Gasteiger partial charge on any atom is 0.0731 e. The van der Waals surface area contributed by atoms with E-state index in [9.17, 15) is 0 Å². The van der Waals surface area contributed by atoms with Crippen LogP contribution in [0.5, 0.6) is 0 Å². The van der Waals surface area contributed by atoms with Crippen molar-refractivity contribution in [2.45, 2.75) is 5.41 Å². The van der Waals surface area contributed by atoms with Gasteiger partial charge >= 0.3 is 0 Å². The summed E-state index contributed by atoms with van der Waals surface area (Å²) in [5, 5.41) is 0. The molecule has 12 rings (SSSR count). The van der Waals surface area contributed by atoms with E-state index in [0.29, 0.717) is 0 Å². The van der Waals surface area contributed by atoms with Gasteiger partial charge in [0.05, 0.1) is 5.41 Å². The zero-order valence-electron chi connectivity index (χ0n) is 37.0. The van der Waals surface area contributed by atoms with Crippen molar-refractivity contribution in [1.82, 2.24) is 0 Å². The average Bonchev–Trinajstić information content (AvgIpc) is 3.87. The zero-order chi connectivity index (χ0) is 44.6. The van der Waals surface area contributed by atoms with Crippen molar-refractivity contribution < 1.29 is 0 Å². The molecule has 0 heterocycles. The Morgan fingerprint density at radius 2 is 0.582 bits per heavy atom. The Morgan fingerprint density at radius 1 is 0.254 bits per heavy atom. The van der Waals surface area contributed by atoms with Gasteiger partial charge in [0.25, 0.3) is 0 Å². The molecule has 2 aliphatic carbocycles. The lowest BCUT2D eigenvalue weighted by molar-refractivity contribution is 0.791. The minimum Gasteiger partial charge on any atom is -0.311 e. The maximum absolute atomic E-state index is 2.37. The SMILES string of the molecule is C(=Cc1ccc2c(c1C=Cc1ccc(N(c3ccccc3)c3ccccc3)cc1)C1(c3ccccc3-c3ccccc31)c1ccccc1-2)c1ccc(N(c2ccccc2)c2ccccc2)cc1. The highest BCUT2D eigenvalue weighted by Crippen LogP contribution is 2.64. The Morgan fingerprint density at radius 3 is 0.985 bits per heavy atom. The van der Waals surface area contributed by atoms with Crippen molar-refractivity contribution >= 4 is 58.4 Å². The molecule has 0 unspecified atom stereocenters. The van der Waals surface area contributed by atoms with E-state index in [2.05, 4.69) is 289 Å². The molecule has 0 atom stereocenters. The number of hydrogen-bond acceptors (Lipinski definition) is 2. The summed E-state index contributed by atoms with van der Waals surface area (Å²) in [6, 6.07) is 92.0. The first-order valence-electron chi connectivity index (χ1n) is 23.1. The van der Waals surface area contributed by atoms with Crippen molar-refractivity contribution in [3.8, 4) is 22.3 Å². The summed E-state index contributed by atoms with van der Waals surface area (Å²) in [7, 11) is 0. The molecular formula is C65H46N2. The highest BCUT2D eigenvalue weighted by atomic mass is 15.1. The van der Waals surface area contributed by atoms with Crippen LogP contribution in [0.25, 0.3) is 46.6 Å². The number of benzene rings is 10. The van der Waals surface area contributed by atoms with Crippen LogP contribution in [-0.2, 0) is 5.41 Å². The third kappa shape index (κ3) is 6.90. The predicted molar refractivity (Wildman–Crippen MR) is 283 cm³/mol. The van der Waals surface area contributed by atoms with Crippen LogP contribution in [-0.4, -0.2) is 0 Å². The Bertz CT molecular complexity index is 3290. The molecule has 10 aromatic rings. The van der Waals surface area contributed by atoms with E-state index in [4.69, 9.17) is 0 Å². The molecule has 0 aromatic heterocycles. The lowest BCUT2D eigenvalue weighted by atomic mass is 9.68. The standard InChI is InChI=1S/C65H46N2/c1-5-19-50(20-6-1)66(51-21-7-2-8-22-51)54-41-34-47(35-42-54)33-39-49-40-46-60-59-29-15-18-32-63(59)65(61-30-16-13-27-57(61)58-28-14-17-31-62(58)65)64(60)56(49)45-38-48-36-43-55(44-37-48)67(52-23-9-3-10-24-52)53-25-11-4-12-26-53/h1-46H. The lowest BCUT2D eigenvalue weighted by Gasteiger charge is -2.32. The molecule has 2 nitrogen and oxygen atoms in total. The van der Waals surface area contributed by atoms with Crippen LogP contribution in [0.15, 0.2) is 255 Å². The van der Waals surface area contributed by atoms with E-state index in [1.807, 2.05) is 0 Å². The largest absolute Gasteiger partial charge is 0.311 e. The molecule has 1 spiro atoms. The van der Waals surface area contributed by atoms with Crippen molar-refractivity contribution in [3.05, 3.63) is 299 Å². The van der Waals surface area contributed by atoms with E-state index in [1.54, 1.807) is 0 Å². The van der Waals surface area contributed by atoms with Crippen LogP contribution in [0.4, 0.5) is 34.1 Å². The molecule has 0 saturated carbocycles. The van der Waals surface area contributed by atoms with Gasteiger partial charge in [-0.2, -0.15) is 0 Å². The molecule has 10 aromatic carbocycles.